The molecule has 0 N–H and O–H groups in total. The Hall–Kier alpha value is -2.52. The third kappa shape index (κ3) is 5.74. The molecule has 0 atom stereocenters. The van der Waals surface area contributed by atoms with Gasteiger partial charge >= 0.3 is 0 Å². The Morgan fingerprint density at radius 3 is 2.69 bits per heavy atom. The fraction of sp³-hybridized carbons (Fsp3) is 0.600. The van der Waals surface area contributed by atoms with Crippen LogP contribution in [0.25, 0.3) is 0 Å². The molecule has 0 spiro atoms. The number of methoxy groups -OCH3 is 1. The van der Waals surface area contributed by atoms with E-state index in [1.54, 1.807) is 11.8 Å². The maximum Gasteiger partial charge on any atom is 0.244 e. The lowest BCUT2D eigenvalue weighted by Crippen LogP contribution is -2.49. The number of rotatable bonds is 8. The van der Waals surface area contributed by atoms with Crippen LogP contribution in [0.3, 0.4) is 0 Å². The van der Waals surface area contributed by atoms with Crippen LogP contribution >= 0.6 is 0 Å². The predicted molar refractivity (Wildman–Crippen MR) is 109 cm³/mol. The van der Waals surface area contributed by atoms with Crippen molar-refractivity contribution in [2.24, 2.45) is 0 Å². The molecule has 0 unspecified atom stereocenters. The molecule has 2 heterocycles. The van der Waals surface area contributed by atoms with Gasteiger partial charge in [-0.1, -0.05) is 12.1 Å². The number of benzene rings is 1. The van der Waals surface area contributed by atoms with Gasteiger partial charge in [0, 0.05) is 38.8 Å². The van der Waals surface area contributed by atoms with Crippen molar-refractivity contribution in [2.45, 2.75) is 39.5 Å². The molecule has 0 bridgehead atoms. The van der Waals surface area contributed by atoms with Crippen molar-refractivity contribution in [1.29, 1.82) is 0 Å². The molecule has 1 aromatic carbocycles. The van der Waals surface area contributed by atoms with Gasteiger partial charge in [0.15, 0.2) is 5.82 Å². The standard InChI is InChI=1S/C20H31N7O2/c1-16(2)24(3)14-19-21-22-23-27(19)15-20(28)26-10-8-25(9-11-26)13-17-6-5-7-18(12-17)29-4/h5-7,12,16H,8-11,13-15H2,1-4H3. The molecule has 1 aromatic heterocycles. The molecule has 1 saturated heterocycles. The lowest BCUT2D eigenvalue weighted by Gasteiger charge is -2.34. The Kier molecular flexibility index (Phi) is 7.16. The van der Waals surface area contributed by atoms with Crippen molar-refractivity contribution in [3.63, 3.8) is 0 Å². The summed E-state index contributed by atoms with van der Waals surface area (Å²) in [5, 5.41) is 11.8. The van der Waals surface area contributed by atoms with E-state index in [0.29, 0.717) is 31.5 Å². The van der Waals surface area contributed by atoms with E-state index in [4.69, 9.17) is 4.74 Å². The zero-order valence-electron chi connectivity index (χ0n) is 17.8. The number of nitrogens with zero attached hydrogens (tertiary/aromatic N) is 7. The van der Waals surface area contributed by atoms with Crippen molar-refractivity contribution in [3.8, 4) is 5.75 Å². The molecular formula is C20H31N7O2. The maximum atomic E-state index is 12.7. The smallest absolute Gasteiger partial charge is 0.244 e. The highest BCUT2D eigenvalue weighted by Gasteiger charge is 2.23. The summed E-state index contributed by atoms with van der Waals surface area (Å²) < 4.78 is 6.91. The second kappa shape index (κ2) is 9.80. The zero-order valence-corrected chi connectivity index (χ0v) is 17.8. The number of carbonyl (C=O) groups is 1. The fourth-order valence-electron chi connectivity index (χ4n) is 3.28. The predicted octanol–water partition coefficient (Wildman–Crippen LogP) is 0.866. The van der Waals surface area contributed by atoms with Gasteiger partial charge in [-0.05, 0) is 49.0 Å². The summed E-state index contributed by atoms with van der Waals surface area (Å²) >= 11 is 0. The lowest BCUT2D eigenvalue weighted by molar-refractivity contribution is -0.133. The van der Waals surface area contributed by atoms with E-state index >= 15 is 0 Å². The van der Waals surface area contributed by atoms with Gasteiger partial charge < -0.3 is 9.64 Å². The summed E-state index contributed by atoms with van der Waals surface area (Å²) in [6.45, 7) is 9.02. The summed E-state index contributed by atoms with van der Waals surface area (Å²) in [4.78, 5) is 19.2. The van der Waals surface area contributed by atoms with E-state index < -0.39 is 0 Å². The van der Waals surface area contributed by atoms with E-state index in [1.165, 1.54) is 5.56 Å². The quantitative estimate of drug-likeness (QED) is 0.649. The van der Waals surface area contributed by atoms with Crippen LogP contribution in [-0.2, 0) is 24.4 Å². The molecule has 158 valence electrons. The van der Waals surface area contributed by atoms with Crippen molar-refractivity contribution < 1.29 is 9.53 Å². The summed E-state index contributed by atoms with van der Waals surface area (Å²) in [5.41, 5.74) is 1.22. The van der Waals surface area contributed by atoms with Crippen molar-refractivity contribution in [3.05, 3.63) is 35.7 Å². The number of carbonyl (C=O) groups excluding carboxylic acids is 1. The molecule has 3 rings (SSSR count). The van der Waals surface area contributed by atoms with Crippen LogP contribution in [0.2, 0.25) is 0 Å². The van der Waals surface area contributed by atoms with Crippen LogP contribution in [0.1, 0.15) is 25.2 Å². The normalized spacial score (nSPS) is 15.3. The van der Waals surface area contributed by atoms with E-state index in [1.807, 2.05) is 24.1 Å². The monoisotopic (exact) mass is 401 g/mol. The summed E-state index contributed by atoms with van der Waals surface area (Å²) in [7, 11) is 3.70. The molecule has 0 saturated carbocycles. The van der Waals surface area contributed by atoms with Crippen LogP contribution in [-0.4, -0.2) is 87.2 Å². The van der Waals surface area contributed by atoms with Crippen molar-refractivity contribution in [1.82, 2.24) is 34.9 Å². The van der Waals surface area contributed by atoms with Crippen LogP contribution in [0.15, 0.2) is 24.3 Å². The van der Waals surface area contributed by atoms with Gasteiger partial charge in [-0.25, -0.2) is 4.68 Å². The van der Waals surface area contributed by atoms with Gasteiger partial charge in [0.2, 0.25) is 5.91 Å². The van der Waals surface area contributed by atoms with Crippen LogP contribution in [0.4, 0.5) is 0 Å². The zero-order chi connectivity index (χ0) is 20.8. The first kappa shape index (κ1) is 21.2. The number of amides is 1. The average molecular weight is 402 g/mol. The number of hydrogen-bond acceptors (Lipinski definition) is 7. The van der Waals surface area contributed by atoms with Gasteiger partial charge in [-0.3, -0.25) is 14.6 Å². The number of tetrazole rings is 1. The first-order chi connectivity index (χ1) is 14.0. The van der Waals surface area contributed by atoms with Gasteiger partial charge in [0.1, 0.15) is 12.3 Å². The highest BCUT2D eigenvalue weighted by molar-refractivity contribution is 5.76. The van der Waals surface area contributed by atoms with Crippen molar-refractivity contribution >= 4 is 5.91 Å². The Morgan fingerprint density at radius 2 is 2.00 bits per heavy atom. The summed E-state index contributed by atoms with van der Waals surface area (Å²) in [6.07, 6.45) is 0. The lowest BCUT2D eigenvalue weighted by atomic mass is 10.2. The summed E-state index contributed by atoms with van der Waals surface area (Å²) in [6, 6.07) is 8.51. The Labute approximate surface area is 172 Å². The molecular weight excluding hydrogens is 370 g/mol. The number of ether oxygens (including phenoxy) is 1. The Morgan fingerprint density at radius 1 is 1.24 bits per heavy atom. The Bertz CT molecular complexity index is 800. The first-order valence-corrected chi connectivity index (χ1v) is 10.0. The molecule has 29 heavy (non-hydrogen) atoms. The fourth-order valence-corrected chi connectivity index (χ4v) is 3.28. The molecule has 1 amide bonds. The SMILES string of the molecule is COc1cccc(CN2CCN(C(=O)Cn3nnnc3CN(C)C(C)C)CC2)c1. The topological polar surface area (TPSA) is 79.6 Å². The van der Waals surface area contributed by atoms with Gasteiger partial charge in [-0.15, -0.1) is 5.10 Å². The van der Waals surface area contributed by atoms with Crippen LogP contribution in [0, 0.1) is 0 Å². The number of hydrogen-bond donors (Lipinski definition) is 0. The minimum absolute atomic E-state index is 0.0618. The van der Waals surface area contributed by atoms with E-state index in [2.05, 4.69) is 51.3 Å². The molecule has 0 aliphatic carbocycles. The van der Waals surface area contributed by atoms with Crippen molar-refractivity contribution in [2.75, 3.05) is 40.3 Å². The minimum atomic E-state index is 0.0618. The largest absolute Gasteiger partial charge is 0.497 e. The Balaban J connectivity index is 1.50. The molecule has 2 aromatic rings. The van der Waals surface area contributed by atoms with Crippen LogP contribution < -0.4 is 4.74 Å². The summed E-state index contributed by atoms with van der Waals surface area (Å²) in [5.74, 6) is 1.65. The van der Waals surface area contributed by atoms with Gasteiger partial charge in [0.05, 0.1) is 13.7 Å². The minimum Gasteiger partial charge on any atom is -0.497 e. The third-order valence-electron chi connectivity index (χ3n) is 5.43. The van der Waals surface area contributed by atoms with Gasteiger partial charge in [-0.2, -0.15) is 0 Å². The highest BCUT2D eigenvalue weighted by atomic mass is 16.5. The average Bonchev–Trinajstić information content (AvgIpc) is 3.15. The first-order valence-electron chi connectivity index (χ1n) is 10.0. The van der Waals surface area contributed by atoms with E-state index in [0.717, 1.165) is 25.4 Å². The molecule has 1 aliphatic rings. The van der Waals surface area contributed by atoms with Gasteiger partial charge in [0.25, 0.3) is 0 Å². The van der Waals surface area contributed by atoms with E-state index in [-0.39, 0.29) is 12.5 Å². The molecule has 9 heteroatoms. The molecule has 0 radical (unpaired) electrons. The molecule has 9 nitrogen and oxygen atoms in total. The number of aromatic nitrogens is 4. The number of piperazine rings is 1. The third-order valence-corrected chi connectivity index (χ3v) is 5.43. The highest BCUT2D eigenvalue weighted by Crippen LogP contribution is 2.15. The second-order valence-corrected chi connectivity index (χ2v) is 7.77. The maximum absolute atomic E-state index is 12.7. The van der Waals surface area contributed by atoms with E-state index in [9.17, 15) is 4.79 Å². The van der Waals surface area contributed by atoms with Crippen LogP contribution in [0.5, 0.6) is 5.75 Å². The molecule has 1 fully saturated rings. The molecule has 1 aliphatic heterocycles. The second-order valence-electron chi connectivity index (χ2n) is 7.77.